The Morgan fingerprint density at radius 3 is 2.80 bits per heavy atom. The molecule has 20 heavy (non-hydrogen) atoms. The molecule has 2 rings (SSSR count). The second kappa shape index (κ2) is 7.45. The Hall–Kier alpha value is -1.33. The van der Waals surface area contributed by atoms with Gasteiger partial charge in [-0.05, 0) is 25.6 Å². The lowest BCUT2D eigenvalue weighted by Gasteiger charge is -2.16. The Morgan fingerprint density at radius 2 is 2.15 bits per heavy atom. The standard InChI is InChI=1S/C15H20FN3S/c1-3-17-14(12-9-18-19(4-2)10-12)11-20-15-8-6-5-7-13(15)16/h5-10,14,17H,3-4,11H2,1-2H3. The number of thioether (sulfide) groups is 1. The first-order valence-electron chi connectivity index (χ1n) is 6.87. The van der Waals surface area contributed by atoms with Gasteiger partial charge >= 0.3 is 0 Å². The number of benzene rings is 1. The summed E-state index contributed by atoms with van der Waals surface area (Å²) in [6, 6.07) is 7.08. The van der Waals surface area contributed by atoms with Crippen LogP contribution in [0.4, 0.5) is 4.39 Å². The van der Waals surface area contributed by atoms with E-state index in [2.05, 4.69) is 30.5 Å². The van der Waals surface area contributed by atoms with Crippen LogP contribution in [0.5, 0.6) is 0 Å². The summed E-state index contributed by atoms with van der Waals surface area (Å²) in [5.41, 5.74) is 1.15. The van der Waals surface area contributed by atoms with Gasteiger partial charge in [-0.1, -0.05) is 19.1 Å². The van der Waals surface area contributed by atoms with Crippen molar-refractivity contribution in [2.75, 3.05) is 12.3 Å². The van der Waals surface area contributed by atoms with Crippen LogP contribution in [-0.2, 0) is 6.54 Å². The maximum atomic E-state index is 13.6. The Kier molecular flexibility index (Phi) is 5.61. The van der Waals surface area contributed by atoms with Gasteiger partial charge in [-0.3, -0.25) is 4.68 Å². The lowest BCUT2D eigenvalue weighted by molar-refractivity contribution is 0.594. The average Bonchev–Trinajstić information content (AvgIpc) is 2.94. The molecule has 108 valence electrons. The van der Waals surface area contributed by atoms with Gasteiger partial charge in [0.2, 0.25) is 0 Å². The van der Waals surface area contributed by atoms with Gasteiger partial charge in [0, 0.05) is 35.0 Å². The van der Waals surface area contributed by atoms with Gasteiger partial charge in [-0.25, -0.2) is 4.39 Å². The van der Waals surface area contributed by atoms with E-state index in [1.165, 1.54) is 17.8 Å². The first-order valence-corrected chi connectivity index (χ1v) is 7.86. The number of nitrogens with one attached hydrogen (secondary N) is 1. The molecule has 2 aromatic rings. The highest BCUT2D eigenvalue weighted by molar-refractivity contribution is 7.99. The minimum absolute atomic E-state index is 0.156. The number of nitrogens with zero attached hydrogens (tertiary/aromatic N) is 2. The molecule has 0 saturated heterocycles. The molecule has 0 aliphatic heterocycles. The van der Waals surface area contributed by atoms with E-state index >= 15 is 0 Å². The molecule has 1 aromatic heterocycles. The molecule has 0 bridgehead atoms. The summed E-state index contributed by atoms with van der Waals surface area (Å²) in [5, 5.41) is 7.73. The normalized spacial score (nSPS) is 12.6. The predicted octanol–water partition coefficient (Wildman–Crippen LogP) is 3.49. The molecule has 0 spiro atoms. The van der Waals surface area contributed by atoms with E-state index < -0.39 is 0 Å². The van der Waals surface area contributed by atoms with E-state index in [9.17, 15) is 4.39 Å². The summed E-state index contributed by atoms with van der Waals surface area (Å²) >= 11 is 1.53. The summed E-state index contributed by atoms with van der Waals surface area (Å²) in [5.74, 6) is 0.626. The number of rotatable bonds is 7. The summed E-state index contributed by atoms with van der Waals surface area (Å²) in [7, 11) is 0. The summed E-state index contributed by atoms with van der Waals surface area (Å²) in [4.78, 5) is 0.693. The lowest BCUT2D eigenvalue weighted by atomic mass is 10.2. The smallest absolute Gasteiger partial charge is 0.136 e. The summed E-state index contributed by atoms with van der Waals surface area (Å²) < 4.78 is 15.5. The van der Waals surface area contributed by atoms with Crippen molar-refractivity contribution in [1.82, 2.24) is 15.1 Å². The van der Waals surface area contributed by atoms with Crippen LogP contribution in [-0.4, -0.2) is 22.1 Å². The van der Waals surface area contributed by atoms with Crippen molar-refractivity contribution in [3.8, 4) is 0 Å². The number of aromatic nitrogens is 2. The fourth-order valence-corrected chi connectivity index (χ4v) is 3.02. The molecule has 0 amide bonds. The number of aryl methyl sites for hydroxylation is 1. The maximum absolute atomic E-state index is 13.6. The van der Waals surface area contributed by atoms with Gasteiger partial charge in [-0.2, -0.15) is 5.10 Å². The SMILES string of the molecule is CCNC(CSc1ccccc1F)c1cnn(CC)c1. The van der Waals surface area contributed by atoms with Gasteiger partial charge < -0.3 is 5.32 Å². The fraction of sp³-hybridized carbons (Fsp3) is 0.400. The van der Waals surface area contributed by atoms with Crippen molar-refractivity contribution in [3.05, 3.63) is 48.0 Å². The Labute approximate surface area is 123 Å². The van der Waals surface area contributed by atoms with Gasteiger partial charge in [-0.15, -0.1) is 11.8 Å². The van der Waals surface area contributed by atoms with Gasteiger partial charge in [0.05, 0.1) is 6.20 Å². The monoisotopic (exact) mass is 293 g/mol. The molecule has 1 aromatic carbocycles. The number of halogens is 1. The molecule has 0 aliphatic rings. The molecule has 3 nitrogen and oxygen atoms in total. The highest BCUT2D eigenvalue weighted by Gasteiger charge is 2.14. The van der Waals surface area contributed by atoms with Crippen LogP contribution in [0.3, 0.4) is 0 Å². The quantitative estimate of drug-likeness (QED) is 0.793. The van der Waals surface area contributed by atoms with Crippen LogP contribution >= 0.6 is 11.8 Å². The average molecular weight is 293 g/mol. The molecule has 1 atom stereocenters. The summed E-state index contributed by atoms with van der Waals surface area (Å²) in [6.45, 7) is 5.87. The van der Waals surface area contributed by atoms with Crippen LogP contribution in [0.2, 0.25) is 0 Å². The van der Waals surface area contributed by atoms with E-state index in [0.29, 0.717) is 4.90 Å². The van der Waals surface area contributed by atoms with Crippen molar-refractivity contribution in [1.29, 1.82) is 0 Å². The second-order valence-corrected chi connectivity index (χ2v) is 5.54. The Balaban J connectivity index is 2.04. The molecule has 5 heteroatoms. The molecule has 1 heterocycles. The largest absolute Gasteiger partial charge is 0.309 e. The minimum Gasteiger partial charge on any atom is -0.309 e. The molecule has 0 radical (unpaired) electrons. The zero-order chi connectivity index (χ0) is 14.4. The zero-order valence-electron chi connectivity index (χ0n) is 11.8. The topological polar surface area (TPSA) is 29.9 Å². The van der Waals surface area contributed by atoms with Gasteiger partial charge in [0.25, 0.3) is 0 Å². The molecule has 1 N–H and O–H groups in total. The number of hydrogen-bond acceptors (Lipinski definition) is 3. The van der Waals surface area contributed by atoms with Crippen LogP contribution < -0.4 is 5.32 Å². The van der Waals surface area contributed by atoms with Crippen molar-refractivity contribution in [2.24, 2.45) is 0 Å². The third-order valence-corrected chi connectivity index (χ3v) is 4.21. The van der Waals surface area contributed by atoms with E-state index in [4.69, 9.17) is 0 Å². The van der Waals surface area contributed by atoms with E-state index in [0.717, 1.165) is 24.4 Å². The Bertz CT molecular complexity index is 541. The highest BCUT2D eigenvalue weighted by atomic mass is 32.2. The molecular formula is C15H20FN3S. The zero-order valence-corrected chi connectivity index (χ0v) is 12.7. The summed E-state index contributed by atoms with van der Waals surface area (Å²) in [6.07, 6.45) is 3.94. The Morgan fingerprint density at radius 1 is 1.35 bits per heavy atom. The second-order valence-electron chi connectivity index (χ2n) is 4.48. The van der Waals surface area contributed by atoms with E-state index in [1.807, 2.05) is 23.0 Å². The van der Waals surface area contributed by atoms with E-state index in [1.54, 1.807) is 6.07 Å². The predicted molar refractivity (Wildman–Crippen MR) is 81.4 cm³/mol. The van der Waals surface area contributed by atoms with E-state index in [-0.39, 0.29) is 11.9 Å². The van der Waals surface area contributed by atoms with Crippen molar-refractivity contribution >= 4 is 11.8 Å². The van der Waals surface area contributed by atoms with Crippen LogP contribution in [0, 0.1) is 5.82 Å². The molecular weight excluding hydrogens is 273 g/mol. The van der Waals surface area contributed by atoms with Crippen molar-refractivity contribution in [2.45, 2.75) is 31.3 Å². The third-order valence-electron chi connectivity index (χ3n) is 3.07. The van der Waals surface area contributed by atoms with Crippen LogP contribution in [0.15, 0.2) is 41.6 Å². The maximum Gasteiger partial charge on any atom is 0.136 e. The van der Waals surface area contributed by atoms with Crippen molar-refractivity contribution < 1.29 is 4.39 Å². The molecule has 0 fully saturated rings. The molecule has 0 aliphatic carbocycles. The van der Waals surface area contributed by atoms with Gasteiger partial charge in [0.1, 0.15) is 5.82 Å². The van der Waals surface area contributed by atoms with Crippen LogP contribution in [0.25, 0.3) is 0 Å². The minimum atomic E-state index is -0.156. The first-order chi connectivity index (χ1) is 9.74. The fourth-order valence-electron chi connectivity index (χ4n) is 1.99. The van der Waals surface area contributed by atoms with Crippen molar-refractivity contribution in [3.63, 3.8) is 0 Å². The molecule has 1 unspecified atom stereocenters. The highest BCUT2D eigenvalue weighted by Crippen LogP contribution is 2.26. The third kappa shape index (κ3) is 3.84. The first kappa shape index (κ1) is 15.1. The van der Waals surface area contributed by atoms with Gasteiger partial charge in [0.15, 0.2) is 0 Å². The number of hydrogen-bond donors (Lipinski definition) is 1. The molecule has 0 saturated carbocycles. The van der Waals surface area contributed by atoms with Crippen LogP contribution in [0.1, 0.15) is 25.5 Å². The lowest BCUT2D eigenvalue weighted by Crippen LogP contribution is -2.22.